The van der Waals surface area contributed by atoms with Crippen molar-refractivity contribution in [3.05, 3.63) is 0 Å². The van der Waals surface area contributed by atoms with Crippen molar-refractivity contribution in [2.75, 3.05) is 13.2 Å². The maximum absolute atomic E-state index is 10.7. The Bertz CT molecular complexity index is 146. The predicted octanol–water partition coefficient (Wildman–Crippen LogP) is 0.00580. The van der Waals surface area contributed by atoms with E-state index in [1.807, 2.05) is 6.92 Å². The lowest BCUT2D eigenvalue weighted by atomic mass is 9.99. The van der Waals surface area contributed by atoms with Crippen LogP contribution in [0.3, 0.4) is 0 Å². The standard InChI is InChI=1S/C8H18N2O2/c1-3-5-12-6-4-8(2,10)7(9)11/h3-6,10H2,1-2H3,(H2,9,11). The van der Waals surface area contributed by atoms with E-state index in [1.54, 1.807) is 6.92 Å². The van der Waals surface area contributed by atoms with Gasteiger partial charge < -0.3 is 16.2 Å². The van der Waals surface area contributed by atoms with Gasteiger partial charge in [-0.3, -0.25) is 4.79 Å². The first-order valence-corrected chi connectivity index (χ1v) is 4.17. The zero-order valence-electron chi connectivity index (χ0n) is 7.80. The van der Waals surface area contributed by atoms with Crippen LogP contribution < -0.4 is 11.5 Å². The molecule has 0 radical (unpaired) electrons. The fourth-order valence-corrected chi connectivity index (χ4v) is 0.654. The van der Waals surface area contributed by atoms with Crippen LogP contribution in [-0.2, 0) is 9.53 Å². The summed E-state index contributed by atoms with van der Waals surface area (Å²) in [6.07, 6.45) is 1.44. The van der Waals surface area contributed by atoms with Crippen molar-refractivity contribution in [3.8, 4) is 0 Å². The van der Waals surface area contributed by atoms with Crippen molar-refractivity contribution >= 4 is 5.91 Å². The number of nitrogens with two attached hydrogens (primary N) is 2. The maximum atomic E-state index is 10.7. The summed E-state index contributed by atoms with van der Waals surface area (Å²) in [6.45, 7) is 4.83. The number of ether oxygens (including phenoxy) is 1. The van der Waals surface area contributed by atoms with Gasteiger partial charge in [0.1, 0.15) is 0 Å². The van der Waals surface area contributed by atoms with Crippen LogP contribution >= 0.6 is 0 Å². The number of amides is 1. The Labute approximate surface area is 73.2 Å². The highest BCUT2D eigenvalue weighted by Gasteiger charge is 2.24. The molecule has 12 heavy (non-hydrogen) atoms. The molecule has 0 rings (SSSR count). The first-order chi connectivity index (χ1) is 5.50. The molecular weight excluding hydrogens is 156 g/mol. The van der Waals surface area contributed by atoms with E-state index in [1.165, 1.54) is 0 Å². The molecule has 0 spiro atoms. The van der Waals surface area contributed by atoms with Gasteiger partial charge in [-0.25, -0.2) is 0 Å². The summed E-state index contributed by atoms with van der Waals surface area (Å²) in [5, 5.41) is 0. The summed E-state index contributed by atoms with van der Waals surface area (Å²) < 4.78 is 5.18. The van der Waals surface area contributed by atoms with E-state index in [4.69, 9.17) is 16.2 Å². The topological polar surface area (TPSA) is 78.3 Å². The second-order valence-corrected chi connectivity index (χ2v) is 3.14. The highest BCUT2D eigenvalue weighted by molar-refractivity contribution is 5.83. The molecule has 0 saturated heterocycles. The molecule has 72 valence electrons. The third kappa shape index (κ3) is 4.31. The second-order valence-electron chi connectivity index (χ2n) is 3.14. The van der Waals surface area contributed by atoms with Gasteiger partial charge in [-0.2, -0.15) is 0 Å². The minimum absolute atomic E-state index is 0.475. The fourth-order valence-electron chi connectivity index (χ4n) is 0.654. The minimum Gasteiger partial charge on any atom is -0.381 e. The lowest BCUT2D eigenvalue weighted by Crippen LogP contribution is -2.50. The molecule has 1 unspecified atom stereocenters. The highest BCUT2D eigenvalue weighted by Crippen LogP contribution is 2.04. The third-order valence-corrected chi connectivity index (χ3v) is 1.68. The monoisotopic (exact) mass is 174 g/mol. The number of carbonyl (C=O) groups is 1. The second kappa shape index (κ2) is 5.11. The lowest BCUT2D eigenvalue weighted by molar-refractivity contribution is -0.123. The van der Waals surface area contributed by atoms with Crippen LogP contribution in [0.4, 0.5) is 0 Å². The molecule has 4 heteroatoms. The Morgan fingerprint density at radius 3 is 2.50 bits per heavy atom. The average Bonchev–Trinajstić information content (AvgIpc) is 1.98. The van der Waals surface area contributed by atoms with Gasteiger partial charge >= 0.3 is 0 Å². The first kappa shape index (κ1) is 11.4. The number of primary amides is 1. The van der Waals surface area contributed by atoms with Crippen molar-refractivity contribution in [1.29, 1.82) is 0 Å². The van der Waals surface area contributed by atoms with Gasteiger partial charge in [-0.15, -0.1) is 0 Å². The van der Waals surface area contributed by atoms with Gasteiger partial charge in [0.25, 0.3) is 0 Å². The van der Waals surface area contributed by atoms with Crippen molar-refractivity contribution in [1.82, 2.24) is 0 Å². The van der Waals surface area contributed by atoms with Crippen LogP contribution in [0.15, 0.2) is 0 Å². The van der Waals surface area contributed by atoms with Gasteiger partial charge in [0, 0.05) is 13.2 Å². The molecule has 0 aromatic carbocycles. The van der Waals surface area contributed by atoms with E-state index < -0.39 is 11.4 Å². The zero-order valence-corrected chi connectivity index (χ0v) is 7.80. The van der Waals surface area contributed by atoms with Crippen LogP contribution in [0.1, 0.15) is 26.7 Å². The molecule has 0 aliphatic rings. The molecule has 0 aromatic heterocycles. The van der Waals surface area contributed by atoms with Crippen molar-refractivity contribution in [2.45, 2.75) is 32.2 Å². The van der Waals surface area contributed by atoms with Crippen molar-refractivity contribution in [3.63, 3.8) is 0 Å². The molecule has 0 heterocycles. The summed E-state index contributed by atoms with van der Waals surface area (Å²) in [4.78, 5) is 10.7. The molecule has 0 saturated carbocycles. The molecule has 0 bridgehead atoms. The summed E-state index contributed by atoms with van der Waals surface area (Å²) in [5.41, 5.74) is 9.72. The third-order valence-electron chi connectivity index (χ3n) is 1.68. The smallest absolute Gasteiger partial charge is 0.237 e. The summed E-state index contributed by atoms with van der Waals surface area (Å²) in [5.74, 6) is -0.484. The molecule has 4 nitrogen and oxygen atoms in total. The molecular formula is C8H18N2O2. The average molecular weight is 174 g/mol. The van der Waals surface area contributed by atoms with Crippen molar-refractivity contribution in [2.24, 2.45) is 11.5 Å². The predicted molar refractivity (Wildman–Crippen MR) is 47.5 cm³/mol. The molecule has 1 amide bonds. The number of hydrogen-bond donors (Lipinski definition) is 2. The fraction of sp³-hybridized carbons (Fsp3) is 0.875. The Balaban J connectivity index is 3.54. The van der Waals surface area contributed by atoms with E-state index in [0.29, 0.717) is 19.6 Å². The zero-order chi connectivity index (χ0) is 9.61. The highest BCUT2D eigenvalue weighted by atomic mass is 16.5. The summed E-state index contributed by atoms with van der Waals surface area (Å²) in [6, 6.07) is 0. The van der Waals surface area contributed by atoms with E-state index in [2.05, 4.69) is 0 Å². The Hall–Kier alpha value is -0.610. The van der Waals surface area contributed by atoms with E-state index in [-0.39, 0.29) is 0 Å². The largest absolute Gasteiger partial charge is 0.381 e. The van der Waals surface area contributed by atoms with Crippen LogP contribution in [0.2, 0.25) is 0 Å². The van der Waals surface area contributed by atoms with Crippen LogP contribution in [0, 0.1) is 0 Å². The Morgan fingerprint density at radius 1 is 1.50 bits per heavy atom. The van der Waals surface area contributed by atoms with Gasteiger partial charge in [-0.1, -0.05) is 6.92 Å². The lowest BCUT2D eigenvalue weighted by Gasteiger charge is -2.19. The molecule has 0 aliphatic carbocycles. The molecule has 0 fully saturated rings. The first-order valence-electron chi connectivity index (χ1n) is 4.17. The van der Waals surface area contributed by atoms with Gasteiger partial charge in [0.15, 0.2) is 0 Å². The Morgan fingerprint density at radius 2 is 2.08 bits per heavy atom. The number of carbonyl (C=O) groups excluding carboxylic acids is 1. The Kier molecular flexibility index (Phi) is 4.85. The van der Waals surface area contributed by atoms with E-state index in [9.17, 15) is 4.79 Å². The molecule has 0 aromatic rings. The van der Waals surface area contributed by atoms with Crippen molar-refractivity contribution < 1.29 is 9.53 Å². The minimum atomic E-state index is -0.937. The quantitative estimate of drug-likeness (QED) is 0.556. The normalized spacial score (nSPS) is 15.6. The maximum Gasteiger partial charge on any atom is 0.237 e. The van der Waals surface area contributed by atoms with E-state index >= 15 is 0 Å². The van der Waals surface area contributed by atoms with Gasteiger partial charge in [-0.05, 0) is 19.8 Å². The SMILES string of the molecule is CCCOCCC(C)(N)C(N)=O. The van der Waals surface area contributed by atoms with E-state index in [0.717, 1.165) is 6.42 Å². The molecule has 1 atom stereocenters. The number of hydrogen-bond acceptors (Lipinski definition) is 3. The number of rotatable bonds is 6. The van der Waals surface area contributed by atoms with Gasteiger partial charge in [0.05, 0.1) is 5.54 Å². The van der Waals surface area contributed by atoms with Crippen LogP contribution in [0.25, 0.3) is 0 Å². The molecule has 0 aliphatic heterocycles. The summed E-state index contributed by atoms with van der Waals surface area (Å²) in [7, 11) is 0. The van der Waals surface area contributed by atoms with Gasteiger partial charge in [0.2, 0.25) is 5.91 Å². The van der Waals surface area contributed by atoms with Crippen LogP contribution in [0.5, 0.6) is 0 Å². The molecule has 4 N–H and O–H groups in total. The van der Waals surface area contributed by atoms with Crippen LogP contribution in [-0.4, -0.2) is 24.7 Å². The summed E-state index contributed by atoms with van der Waals surface area (Å²) >= 11 is 0.